The predicted octanol–water partition coefficient (Wildman–Crippen LogP) is 5.65. The van der Waals surface area contributed by atoms with E-state index >= 15 is 0 Å². The molecule has 7 heteroatoms. The molecule has 1 unspecified atom stereocenters. The first-order chi connectivity index (χ1) is 12.1. The van der Waals surface area contributed by atoms with Crippen molar-refractivity contribution in [2.45, 2.75) is 57.0 Å². The van der Waals surface area contributed by atoms with E-state index in [4.69, 9.17) is 4.74 Å². The standard InChI is InChI=1S/C19H23F5O2/c1-3-4-14(19(23,24)15(20)16(21)22)17(25)26-18(2)12-6-10-5-11(8-12)9-13(18)7-10/h3,10-14H,1,4-9H2,2H3. The predicted molar refractivity (Wildman–Crippen MR) is 85.1 cm³/mol. The number of esters is 1. The van der Waals surface area contributed by atoms with Crippen molar-refractivity contribution >= 4 is 5.97 Å². The molecule has 0 aromatic rings. The summed E-state index contributed by atoms with van der Waals surface area (Å²) in [5.41, 5.74) is -0.894. The molecule has 4 rings (SSSR count). The maximum Gasteiger partial charge on any atom is 0.317 e. The average Bonchev–Trinajstić information content (AvgIpc) is 2.55. The third-order valence-electron chi connectivity index (χ3n) is 6.66. The van der Waals surface area contributed by atoms with Crippen molar-refractivity contribution in [3.05, 3.63) is 24.6 Å². The molecule has 0 aromatic carbocycles. The molecule has 2 nitrogen and oxygen atoms in total. The summed E-state index contributed by atoms with van der Waals surface area (Å²) in [6.45, 7) is 5.02. The molecule has 0 radical (unpaired) electrons. The van der Waals surface area contributed by atoms with E-state index in [1.54, 1.807) is 6.92 Å². The largest absolute Gasteiger partial charge is 0.458 e. The molecule has 4 aliphatic rings. The van der Waals surface area contributed by atoms with Gasteiger partial charge >= 0.3 is 18.0 Å². The van der Waals surface area contributed by atoms with Gasteiger partial charge in [-0.25, -0.2) is 0 Å². The second-order valence-corrected chi connectivity index (χ2v) is 8.18. The average molecular weight is 378 g/mol. The molecule has 0 heterocycles. The molecule has 146 valence electrons. The van der Waals surface area contributed by atoms with Crippen LogP contribution in [-0.4, -0.2) is 17.5 Å². The van der Waals surface area contributed by atoms with E-state index in [2.05, 4.69) is 6.58 Å². The summed E-state index contributed by atoms with van der Waals surface area (Å²) in [7, 11) is 0. The fourth-order valence-electron chi connectivity index (χ4n) is 5.41. The SMILES string of the molecule is C=CCC(C(=O)OC1(C)C2CC3CC(C2)CC1C3)C(F)(F)C(F)=C(F)F. The summed E-state index contributed by atoms with van der Waals surface area (Å²) in [5.74, 6) is -9.87. The number of rotatable bonds is 6. The van der Waals surface area contributed by atoms with E-state index in [9.17, 15) is 26.7 Å². The lowest BCUT2D eigenvalue weighted by Crippen LogP contribution is -2.58. The van der Waals surface area contributed by atoms with Crippen molar-refractivity contribution in [1.29, 1.82) is 0 Å². The van der Waals surface area contributed by atoms with E-state index in [1.165, 1.54) is 6.42 Å². The van der Waals surface area contributed by atoms with Crippen LogP contribution in [0.15, 0.2) is 24.6 Å². The first-order valence-electron chi connectivity index (χ1n) is 9.02. The Kier molecular flexibility index (Phi) is 4.95. The molecular weight excluding hydrogens is 355 g/mol. The lowest BCUT2D eigenvalue weighted by molar-refractivity contribution is -0.214. The van der Waals surface area contributed by atoms with Gasteiger partial charge in [0.05, 0.1) is 0 Å². The van der Waals surface area contributed by atoms with E-state index in [0.717, 1.165) is 31.8 Å². The topological polar surface area (TPSA) is 26.3 Å². The molecule has 0 amide bonds. The number of alkyl halides is 2. The Balaban J connectivity index is 1.82. The second-order valence-electron chi connectivity index (χ2n) is 8.18. The van der Waals surface area contributed by atoms with Crippen molar-refractivity contribution in [1.82, 2.24) is 0 Å². The summed E-state index contributed by atoms with van der Waals surface area (Å²) in [6, 6.07) is 0. The van der Waals surface area contributed by atoms with E-state index in [0.29, 0.717) is 11.8 Å². The highest BCUT2D eigenvalue weighted by Crippen LogP contribution is 2.59. The van der Waals surface area contributed by atoms with Gasteiger partial charge in [-0.3, -0.25) is 4.79 Å². The number of carbonyl (C=O) groups is 1. The number of halogens is 5. The number of carbonyl (C=O) groups excluding carboxylic acids is 1. The zero-order chi connectivity index (χ0) is 19.3. The normalized spacial score (nSPS) is 36.5. The van der Waals surface area contributed by atoms with Crippen LogP contribution >= 0.6 is 0 Å². The molecule has 26 heavy (non-hydrogen) atoms. The quantitative estimate of drug-likeness (QED) is 0.339. The van der Waals surface area contributed by atoms with Gasteiger partial charge in [0.15, 0.2) is 0 Å². The molecule has 0 N–H and O–H groups in total. The Bertz CT molecular complexity index is 595. The van der Waals surface area contributed by atoms with Gasteiger partial charge in [0.1, 0.15) is 11.5 Å². The number of hydrogen-bond acceptors (Lipinski definition) is 2. The maximum atomic E-state index is 14.1. The number of allylic oxidation sites excluding steroid dienone is 2. The van der Waals surface area contributed by atoms with E-state index in [-0.39, 0.29) is 11.8 Å². The molecule has 0 aliphatic heterocycles. The third kappa shape index (κ3) is 3.07. The summed E-state index contributed by atoms with van der Waals surface area (Å²) in [6.07, 6.45) is 1.90. The fourth-order valence-corrected chi connectivity index (χ4v) is 5.41. The molecular formula is C19H23F5O2. The Morgan fingerprint density at radius 2 is 1.65 bits per heavy atom. The molecule has 4 fully saturated rings. The van der Waals surface area contributed by atoms with Gasteiger partial charge in [-0.15, -0.1) is 6.58 Å². The van der Waals surface area contributed by atoms with Gasteiger partial charge in [0.2, 0.25) is 5.83 Å². The first-order valence-corrected chi connectivity index (χ1v) is 9.02. The Hall–Kier alpha value is -1.40. The summed E-state index contributed by atoms with van der Waals surface area (Å²) >= 11 is 0. The van der Waals surface area contributed by atoms with Gasteiger partial charge in [-0.05, 0) is 69.1 Å². The lowest BCUT2D eigenvalue weighted by Gasteiger charge is -2.59. The molecule has 4 aliphatic carbocycles. The van der Waals surface area contributed by atoms with Crippen molar-refractivity contribution in [3.63, 3.8) is 0 Å². The van der Waals surface area contributed by atoms with Gasteiger partial charge in [0.25, 0.3) is 0 Å². The Morgan fingerprint density at radius 3 is 2.08 bits per heavy atom. The van der Waals surface area contributed by atoms with Crippen LogP contribution < -0.4 is 0 Å². The summed E-state index contributed by atoms with van der Waals surface area (Å²) < 4.78 is 72.0. The minimum absolute atomic E-state index is 0.0824. The van der Waals surface area contributed by atoms with Crippen molar-refractivity contribution in [3.8, 4) is 0 Å². The molecule has 0 saturated heterocycles. The Morgan fingerprint density at radius 1 is 1.15 bits per heavy atom. The third-order valence-corrected chi connectivity index (χ3v) is 6.66. The number of ether oxygens (including phenoxy) is 1. The molecule has 1 atom stereocenters. The highest BCUT2D eigenvalue weighted by molar-refractivity contribution is 5.75. The van der Waals surface area contributed by atoms with Crippen LogP contribution in [-0.2, 0) is 9.53 Å². The molecule has 0 spiro atoms. The van der Waals surface area contributed by atoms with Crippen LogP contribution in [0.4, 0.5) is 22.0 Å². The zero-order valence-corrected chi connectivity index (χ0v) is 14.6. The minimum Gasteiger partial charge on any atom is -0.458 e. The van der Waals surface area contributed by atoms with Crippen LogP contribution in [0.5, 0.6) is 0 Å². The number of hydrogen-bond donors (Lipinski definition) is 0. The first kappa shape index (κ1) is 19.4. The zero-order valence-electron chi connectivity index (χ0n) is 14.6. The second kappa shape index (κ2) is 6.64. The fraction of sp³-hybridized carbons (Fsp3) is 0.737. The molecule has 0 aromatic heterocycles. The van der Waals surface area contributed by atoms with E-state index < -0.39 is 41.7 Å². The van der Waals surface area contributed by atoms with E-state index in [1.807, 2.05) is 0 Å². The van der Waals surface area contributed by atoms with Crippen LogP contribution in [0.25, 0.3) is 0 Å². The molecule has 4 bridgehead atoms. The van der Waals surface area contributed by atoms with Crippen LogP contribution in [0.3, 0.4) is 0 Å². The van der Waals surface area contributed by atoms with Gasteiger partial charge in [0, 0.05) is 0 Å². The highest BCUT2D eigenvalue weighted by Gasteiger charge is 2.59. The van der Waals surface area contributed by atoms with Gasteiger partial charge in [-0.1, -0.05) is 6.08 Å². The van der Waals surface area contributed by atoms with Crippen molar-refractivity contribution in [2.75, 3.05) is 0 Å². The summed E-state index contributed by atoms with van der Waals surface area (Å²) in [4.78, 5) is 12.5. The maximum absolute atomic E-state index is 14.1. The lowest BCUT2D eigenvalue weighted by atomic mass is 9.50. The Labute approximate surface area is 149 Å². The van der Waals surface area contributed by atoms with Gasteiger partial charge in [-0.2, -0.15) is 22.0 Å². The summed E-state index contributed by atoms with van der Waals surface area (Å²) in [5, 5.41) is 0. The minimum atomic E-state index is -4.63. The van der Waals surface area contributed by atoms with Crippen molar-refractivity contribution < 1.29 is 31.5 Å². The van der Waals surface area contributed by atoms with Crippen LogP contribution in [0.1, 0.15) is 45.4 Å². The van der Waals surface area contributed by atoms with Crippen LogP contribution in [0, 0.1) is 29.6 Å². The van der Waals surface area contributed by atoms with Crippen LogP contribution in [0.2, 0.25) is 0 Å². The van der Waals surface area contributed by atoms with Crippen molar-refractivity contribution in [2.24, 2.45) is 29.6 Å². The van der Waals surface area contributed by atoms with Gasteiger partial charge < -0.3 is 4.74 Å². The monoisotopic (exact) mass is 378 g/mol. The highest BCUT2D eigenvalue weighted by atomic mass is 19.3. The molecule has 4 saturated carbocycles. The smallest absolute Gasteiger partial charge is 0.317 e.